The van der Waals surface area contributed by atoms with Crippen LogP contribution in [-0.2, 0) is 0 Å². The minimum Gasteiger partial charge on any atom is -0.478 e. The van der Waals surface area contributed by atoms with Crippen molar-refractivity contribution in [2.45, 2.75) is 45.1 Å². The quantitative estimate of drug-likeness (QED) is 0.858. The Hall–Kier alpha value is -1.29. The smallest absolute Gasteiger partial charge is 0.215 e. The van der Waals surface area contributed by atoms with Gasteiger partial charge < -0.3 is 15.2 Å². The third-order valence-electron chi connectivity index (χ3n) is 3.80. The van der Waals surface area contributed by atoms with Gasteiger partial charge in [-0.25, -0.2) is 0 Å². The summed E-state index contributed by atoms with van der Waals surface area (Å²) in [6.07, 6.45) is 4.38. The summed E-state index contributed by atoms with van der Waals surface area (Å²) in [5, 5.41) is 13.2. The Kier molecular flexibility index (Phi) is 4.64. The van der Waals surface area contributed by atoms with Crippen molar-refractivity contribution in [1.82, 2.24) is 4.98 Å². The summed E-state index contributed by atoms with van der Waals surface area (Å²) < 4.78 is 5.41. The van der Waals surface area contributed by atoms with Gasteiger partial charge in [0, 0.05) is 6.07 Å². The molecule has 4 nitrogen and oxygen atoms in total. The van der Waals surface area contributed by atoms with Crippen molar-refractivity contribution in [2.24, 2.45) is 5.92 Å². The van der Waals surface area contributed by atoms with Crippen LogP contribution in [0.4, 0.5) is 5.82 Å². The second kappa shape index (κ2) is 6.24. The monoisotopic (exact) mass is 264 g/mol. The van der Waals surface area contributed by atoms with E-state index in [1.54, 1.807) is 0 Å². The zero-order chi connectivity index (χ0) is 13.7. The van der Waals surface area contributed by atoms with Crippen molar-refractivity contribution in [2.75, 3.05) is 18.5 Å². The molecular weight excluding hydrogens is 240 g/mol. The number of hydrogen-bond donors (Lipinski definition) is 2. The van der Waals surface area contributed by atoms with Crippen LogP contribution in [-0.4, -0.2) is 28.8 Å². The van der Waals surface area contributed by atoms with Gasteiger partial charge in [0.25, 0.3) is 0 Å². The highest BCUT2D eigenvalue weighted by Crippen LogP contribution is 2.34. The number of rotatable bonds is 5. The molecule has 2 N–H and O–H groups in total. The maximum absolute atomic E-state index is 9.77. The molecule has 1 aromatic rings. The Labute approximate surface area is 115 Å². The lowest BCUT2D eigenvalue weighted by Crippen LogP contribution is -2.46. The predicted molar refractivity (Wildman–Crippen MR) is 76.5 cm³/mol. The molecule has 2 rings (SSSR count). The van der Waals surface area contributed by atoms with Crippen LogP contribution in [0.15, 0.2) is 18.2 Å². The molecular formula is C15H24N2O2. The molecule has 19 heavy (non-hydrogen) atoms. The van der Waals surface area contributed by atoms with Crippen molar-refractivity contribution in [3.8, 4) is 5.88 Å². The van der Waals surface area contributed by atoms with E-state index in [9.17, 15) is 5.11 Å². The number of anilines is 1. The highest BCUT2D eigenvalue weighted by atomic mass is 16.5. The molecule has 2 unspecified atom stereocenters. The fourth-order valence-corrected chi connectivity index (χ4v) is 2.94. The number of nitrogens with one attached hydrogen (secondary N) is 1. The largest absolute Gasteiger partial charge is 0.478 e. The number of ether oxygens (including phenoxy) is 1. The fourth-order valence-electron chi connectivity index (χ4n) is 2.94. The van der Waals surface area contributed by atoms with Crippen LogP contribution in [0.3, 0.4) is 0 Å². The number of nitrogens with zero attached hydrogens (tertiary/aromatic N) is 1. The zero-order valence-electron chi connectivity index (χ0n) is 11.9. The predicted octanol–water partition coefficient (Wildman–Crippen LogP) is 2.83. The normalized spacial score (nSPS) is 27.0. The van der Waals surface area contributed by atoms with Gasteiger partial charge >= 0.3 is 0 Å². The number of aliphatic hydroxyl groups excluding tert-OH is 1. The summed E-state index contributed by atoms with van der Waals surface area (Å²) in [6.45, 7) is 4.95. The molecule has 1 saturated carbocycles. The molecule has 0 saturated heterocycles. The van der Waals surface area contributed by atoms with Gasteiger partial charge in [-0.15, -0.1) is 0 Å². The first-order valence-corrected chi connectivity index (χ1v) is 7.16. The molecule has 1 heterocycles. The SMILES string of the molecule is CCOc1cccc(NC2(CO)CCCC(C)C2)n1. The third kappa shape index (κ3) is 3.60. The number of aromatic nitrogens is 1. The second-order valence-electron chi connectivity index (χ2n) is 5.56. The maximum Gasteiger partial charge on any atom is 0.215 e. The molecule has 1 aromatic heterocycles. The van der Waals surface area contributed by atoms with E-state index in [1.807, 2.05) is 25.1 Å². The summed E-state index contributed by atoms with van der Waals surface area (Å²) in [7, 11) is 0. The van der Waals surface area contributed by atoms with E-state index in [2.05, 4.69) is 17.2 Å². The van der Waals surface area contributed by atoms with E-state index in [0.29, 0.717) is 18.4 Å². The molecule has 0 aromatic carbocycles. The lowest BCUT2D eigenvalue weighted by molar-refractivity contribution is 0.149. The van der Waals surface area contributed by atoms with Crippen LogP contribution in [0.5, 0.6) is 5.88 Å². The van der Waals surface area contributed by atoms with E-state index in [-0.39, 0.29) is 12.1 Å². The number of aliphatic hydroxyl groups is 1. The van der Waals surface area contributed by atoms with Crippen LogP contribution >= 0.6 is 0 Å². The van der Waals surface area contributed by atoms with E-state index in [4.69, 9.17) is 4.74 Å². The molecule has 0 radical (unpaired) electrons. The van der Waals surface area contributed by atoms with Crippen LogP contribution in [0.1, 0.15) is 39.5 Å². The topological polar surface area (TPSA) is 54.4 Å². The van der Waals surface area contributed by atoms with Crippen LogP contribution in [0.2, 0.25) is 0 Å². The maximum atomic E-state index is 9.77. The van der Waals surface area contributed by atoms with Crippen LogP contribution in [0.25, 0.3) is 0 Å². The molecule has 2 atom stereocenters. The lowest BCUT2D eigenvalue weighted by Gasteiger charge is -2.39. The van der Waals surface area contributed by atoms with Crippen molar-refractivity contribution in [3.05, 3.63) is 18.2 Å². The summed E-state index contributed by atoms with van der Waals surface area (Å²) in [5.41, 5.74) is -0.227. The molecule has 4 heteroatoms. The Morgan fingerprint density at radius 3 is 3.05 bits per heavy atom. The van der Waals surface area contributed by atoms with Crippen molar-refractivity contribution >= 4 is 5.82 Å². The average molecular weight is 264 g/mol. The third-order valence-corrected chi connectivity index (χ3v) is 3.80. The van der Waals surface area contributed by atoms with E-state index in [0.717, 1.165) is 25.1 Å². The van der Waals surface area contributed by atoms with Gasteiger partial charge in [-0.2, -0.15) is 4.98 Å². The molecule has 0 amide bonds. The first-order chi connectivity index (χ1) is 9.17. The molecule has 0 spiro atoms. The number of hydrogen-bond acceptors (Lipinski definition) is 4. The minimum absolute atomic E-state index is 0.151. The van der Waals surface area contributed by atoms with Gasteiger partial charge in [-0.1, -0.05) is 25.8 Å². The molecule has 106 valence electrons. The minimum atomic E-state index is -0.227. The van der Waals surface area contributed by atoms with Crippen LogP contribution < -0.4 is 10.1 Å². The van der Waals surface area contributed by atoms with Gasteiger partial charge in [-0.3, -0.25) is 0 Å². The Morgan fingerprint density at radius 2 is 2.37 bits per heavy atom. The van der Waals surface area contributed by atoms with Crippen molar-refractivity contribution in [1.29, 1.82) is 0 Å². The Morgan fingerprint density at radius 1 is 1.53 bits per heavy atom. The Bertz CT molecular complexity index is 411. The fraction of sp³-hybridized carbons (Fsp3) is 0.667. The van der Waals surface area contributed by atoms with Crippen molar-refractivity contribution < 1.29 is 9.84 Å². The second-order valence-corrected chi connectivity index (χ2v) is 5.56. The summed E-state index contributed by atoms with van der Waals surface area (Å²) in [5.74, 6) is 2.06. The lowest BCUT2D eigenvalue weighted by atomic mass is 9.77. The summed E-state index contributed by atoms with van der Waals surface area (Å²) >= 11 is 0. The molecule has 1 aliphatic carbocycles. The van der Waals surface area contributed by atoms with Gasteiger partial charge in [0.15, 0.2) is 0 Å². The highest BCUT2D eigenvalue weighted by molar-refractivity contribution is 5.40. The summed E-state index contributed by atoms with van der Waals surface area (Å²) in [4.78, 5) is 4.43. The zero-order valence-corrected chi connectivity index (χ0v) is 11.9. The van der Waals surface area contributed by atoms with Gasteiger partial charge in [-0.05, 0) is 31.7 Å². The number of pyridine rings is 1. The summed E-state index contributed by atoms with van der Waals surface area (Å²) in [6, 6.07) is 5.71. The van der Waals surface area contributed by atoms with E-state index >= 15 is 0 Å². The average Bonchev–Trinajstić information content (AvgIpc) is 2.39. The molecule has 1 aliphatic rings. The van der Waals surface area contributed by atoms with Gasteiger partial charge in [0.05, 0.1) is 18.8 Å². The van der Waals surface area contributed by atoms with Crippen molar-refractivity contribution in [3.63, 3.8) is 0 Å². The standard InChI is InChI=1S/C15H24N2O2/c1-3-19-14-8-4-7-13(16-14)17-15(11-18)9-5-6-12(2)10-15/h4,7-8,12,18H,3,5-6,9-11H2,1-2H3,(H,16,17). The van der Waals surface area contributed by atoms with E-state index in [1.165, 1.54) is 6.42 Å². The van der Waals surface area contributed by atoms with Gasteiger partial charge in [0.2, 0.25) is 5.88 Å². The van der Waals surface area contributed by atoms with E-state index < -0.39 is 0 Å². The Balaban J connectivity index is 2.11. The molecule has 1 fully saturated rings. The highest BCUT2D eigenvalue weighted by Gasteiger charge is 2.34. The molecule has 0 bridgehead atoms. The van der Waals surface area contributed by atoms with Crippen LogP contribution in [0, 0.1) is 5.92 Å². The van der Waals surface area contributed by atoms with Gasteiger partial charge in [0.1, 0.15) is 5.82 Å². The first kappa shape index (κ1) is 14.1. The molecule has 0 aliphatic heterocycles. The first-order valence-electron chi connectivity index (χ1n) is 7.16.